The van der Waals surface area contributed by atoms with Gasteiger partial charge in [0.15, 0.2) is 5.78 Å². The zero-order chi connectivity index (χ0) is 26.0. The Bertz CT molecular complexity index is 1420. The molecule has 0 saturated heterocycles. The smallest absolute Gasteiger partial charge is 0.333 e. The van der Waals surface area contributed by atoms with Gasteiger partial charge < -0.3 is 19.6 Å². The first kappa shape index (κ1) is 25.6. The molecule has 3 heterocycles. The van der Waals surface area contributed by atoms with Crippen LogP contribution in [0.5, 0.6) is 0 Å². The molecule has 1 aliphatic carbocycles. The summed E-state index contributed by atoms with van der Waals surface area (Å²) in [6.45, 7) is -0.213. The number of ketones is 1. The molecule has 0 aromatic carbocycles. The van der Waals surface area contributed by atoms with Gasteiger partial charge in [0.25, 0.3) is 5.56 Å². The van der Waals surface area contributed by atoms with Crippen LogP contribution in [0.25, 0.3) is 0 Å². The van der Waals surface area contributed by atoms with E-state index in [9.17, 15) is 27.5 Å². The summed E-state index contributed by atoms with van der Waals surface area (Å²) in [6, 6.07) is 4.09. The first-order chi connectivity index (χ1) is 17.0. The highest BCUT2D eigenvalue weighted by Gasteiger charge is 2.44. The Morgan fingerprint density at radius 2 is 2.14 bits per heavy atom. The molecule has 0 bridgehead atoms. The van der Waals surface area contributed by atoms with Crippen LogP contribution in [-0.4, -0.2) is 63.3 Å². The van der Waals surface area contributed by atoms with Gasteiger partial charge in [0, 0.05) is 48.9 Å². The van der Waals surface area contributed by atoms with Gasteiger partial charge in [0.2, 0.25) is 0 Å². The second kappa shape index (κ2) is 10.3. The second-order valence-electron chi connectivity index (χ2n) is 8.60. The van der Waals surface area contributed by atoms with Gasteiger partial charge in [-0.15, -0.1) is 0 Å². The fourth-order valence-corrected chi connectivity index (χ4v) is 4.53. The zero-order valence-electron chi connectivity index (χ0n) is 19.2. The fraction of sp³-hybridized carbons (Fsp3) is 0.364. The Morgan fingerprint density at radius 1 is 1.36 bits per heavy atom. The van der Waals surface area contributed by atoms with Crippen LogP contribution in [0.1, 0.15) is 27.9 Å². The highest BCUT2D eigenvalue weighted by atomic mass is 32.2. The van der Waals surface area contributed by atoms with Gasteiger partial charge in [0.05, 0.1) is 30.9 Å². The van der Waals surface area contributed by atoms with E-state index in [1.807, 2.05) is 0 Å². The maximum atomic E-state index is 14.8. The number of aromatic nitrogens is 4. The summed E-state index contributed by atoms with van der Waals surface area (Å²) in [4.78, 5) is 33.4. The van der Waals surface area contributed by atoms with Crippen molar-refractivity contribution in [1.29, 1.82) is 0 Å². The predicted octanol–water partition coefficient (Wildman–Crippen LogP) is -0.0244. The molecule has 192 valence electrons. The lowest BCUT2D eigenvalue weighted by Gasteiger charge is -2.18. The minimum absolute atomic E-state index is 0.0118. The van der Waals surface area contributed by atoms with Gasteiger partial charge >= 0.3 is 10.3 Å². The number of aliphatic hydroxyl groups excluding tert-OH is 1. The van der Waals surface area contributed by atoms with Crippen molar-refractivity contribution in [1.82, 2.24) is 19.1 Å². The lowest BCUT2D eigenvalue weighted by molar-refractivity contribution is 0.0501. The van der Waals surface area contributed by atoms with E-state index in [4.69, 9.17) is 5.14 Å². The quantitative estimate of drug-likeness (QED) is 0.328. The number of nitrogens with one attached hydrogen (secondary N) is 1. The van der Waals surface area contributed by atoms with Crippen LogP contribution in [-0.2, 0) is 28.1 Å². The van der Waals surface area contributed by atoms with Crippen LogP contribution in [0, 0.1) is 5.92 Å². The number of pyridine rings is 1. The third kappa shape index (κ3) is 5.67. The van der Waals surface area contributed by atoms with Crippen molar-refractivity contribution in [3.63, 3.8) is 0 Å². The van der Waals surface area contributed by atoms with E-state index in [2.05, 4.69) is 19.5 Å². The number of alkyl halides is 1. The third-order valence-corrected chi connectivity index (χ3v) is 6.51. The summed E-state index contributed by atoms with van der Waals surface area (Å²) in [6.07, 6.45) is 4.13. The van der Waals surface area contributed by atoms with E-state index in [0.717, 1.165) is 0 Å². The number of nitrogens with two attached hydrogens (primary N) is 1. The summed E-state index contributed by atoms with van der Waals surface area (Å²) in [5.74, 6) is -1.20. The van der Waals surface area contributed by atoms with E-state index in [1.165, 1.54) is 17.1 Å². The summed E-state index contributed by atoms with van der Waals surface area (Å²) in [7, 11) is -2.59. The number of hydrogen-bond donors (Lipinski definition) is 3. The van der Waals surface area contributed by atoms with E-state index in [0.29, 0.717) is 11.1 Å². The Hall–Kier alpha value is -3.46. The van der Waals surface area contributed by atoms with Crippen molar-refractivity contribution in [2.75, 3.05) is 11.9 Å². The van der Waals surface area contributed by atoms with Crippen molar-refractivity contribution in [2.24, 2.45) is 18.1 Å². The van der Waals surface area contributed by atoms with Gasteiger partial charge in [-0.2, -0.15) is 8.42 Å². The molecule has 0 aliphatic heterocycles. The first-order valence-corrected chi connectivity index (χ1v) is 12.4. The van der Waals surface area contributed by atoms with Crippen LogP contribution < -0.4 is 16.0 Å². The number of hydrogen-bond acceptors (Lipinski definition) is 9. The molecule has 3 aromatic heterocycles. The number of nitrogens with zero attached hydrogens (tertiary/aromatic N) is 4. The van der Waals surface area contributed by atoms with Crippen molar-refractivity contribution in [2.45, 2.75) is 31.3 Å². The number of halogens is 1. The Morgan fingerprint density at radius 3 is 2.89 bits per heavy atom. The predicted molar refractivity (Wildman–Crippen MR) is 126 cm³/mol. The van der Waals surface area contributed by atoms with Gasteiger partial charge in [0.1, 0.15) is 18.3 Å². The molecule has 14 heteroatoms. The van der Waals surface area contributed by atoms with Gasteiger partial charge in [-0.05, 0) is 18.6 Å². The van der Waals surface area contributed by atoms with Crippen LogP contribution in [0.2, 0.25) is 0 Å². The molecule has 4 N–H and O–H groups in total. The molecular formula is C22H25FN6O6S. The molecule has 0 unspecified atom stereocenters. The SMILES string of the molecule is Cn1cccc(Cn2ccc(C(=O)c3cncnc3N[C@@H]3C[C@H](COS(N)(=O)=O)[C@@H](O)[C@@H]3F)c2)c1=O. The number of rotatable bonds is 9. The monoisotopic (exact) mass is 520 g/mol. The first-order valence-electron chi connectivity index (χ1n) is 10.9. The maximum absolute atomic E-state index is 14.8. The Balaban J connectivity index is 1.49. The molecule has 0 amide bonds. The molecule has 4 rings (SSSR count). The Labute approximate surface area is 205 Å². The number of carbonyl (C=O) groups excluding carboxylic acids is 1. The van der Waals surface area contributed by atoms with Gasteiger partial charge in [-0.25, -0.2) is 19.5 Å². The van der Waals surface area contributed by atoms with Crippen molar-refractivity contribution < 1.29 is 26.9 Å². The maximum Gasteiger partial charge on any atom is 0.333 e. The molecule has 12 nitrogen and oxygen atoms in total. The summed E-state index contributed by atoms with van der Waals surface area (Å²) in [5.41, 5.74) is 0.796. The molecule has 0 radical (unpaired) electrons. The number of carbonyl (C=O) groups is 1. The number of aryl methyl sites for hydroxylation is 1. The fourth-order valence-electron chi connectivity index (χ4n) is 4.17. The second-order valence-corrected chi connectivity index (χ2v) is 9.82. The minimum atomic E-state index is -4.24. The van der Waals surface area contributed by atoms with Crippen LogP contribution >= 0.6 is 0 Å². The van der Waals surface area contributed by atoms with E-state index < -0.39 is 46.9 Å². The number of anilines is 1. The van der Waals surface area contributed by atoms with Crippen molar-refractivity contribution in [3.05, 3.63) is 76.4 Å². The average molecular weight is 521 g/mol. The number of aliphatic hydroxyl groups is 1. The molecule has 1 aliphatic rings. The third-order valence-electron chi connectivity index (χ3n) is 6.04. The molecule has 4 atom stereocenters. The standard InChI is InChI=1S/C22H25FN6O6S/c1-28-5-2-3-14(22(28)32)10-29-6-4-13(9-29)19(30)16-8-25-12-26-21(16)27-17-7-15(20(31)18(17)23)11-35-36(24,33)34/h2-6,8-9,12,15,17-18,20,31H,7,10-11H2,1H3,(H2,24,33,34)(H,25,26,27)/t15-,17-,18-,20-/m1/s1. The molecule has 1 fully saturated rings. The van der Waals surface area contributed by atoms with E-state index in [1.54, 1.807) is 48.4 Å². The van der Waals surface area contributed by atoms with E-state index in [-0.39, 0.29) is 29.9 Å². The lowest BCUT2D eigenvalue weighted by Crippen LogP contribution is -2.33. The largest absolute Gasteiger partial charge is 0.390 e. The topological polar surface area (TPSA) is 171 Å². The van der Waals surface area contributed by atoms with Crippen LogP contribution in [0.15, 0.2) is 54.1 Å². The summed E-state index contributed by atoms with van der Waals surface area (Å²) in [5, 5.41) is 17.8. The summed E-state index contributed by atoms with van der Waals surface area (Å²) >= 11 is 0. The van der Waals surface area contributed by atoms with Gasteiger partial charge in [-0.1, -0.05) is 6.07 Å². The minimum Gasteiger partial charge on any atom is -0.390 e. The van der Waals surface area contributed by atoms with Gasteiger partial charge in [-0.3, -0.25) is 13.8 Å². The highest BCUT2D eigenvalue weighted by Crippen LogP contribution is 2.32. The zero-order valence-corrected chi connectivity index (χ0v) is 20.0. The van der Waals surface area contributed by atoms with Crippen molar-refractivity contribution >= 4 is 21.9 Å². The average Bonchev–Trinajstić information content (AvgIpc) is 3.40. The van der Waals surface area contributed by atoms with Crippen LogP contribution in [0.3, 0.4) is 0 Å². The molecular weight excluding hydrogens is 495 g/mol. The van der Waals surface area contributed by atoms with Crippen molar-refractivity contribution in [3.8, 4) is 0 Å². The normalized spacial score (nSPS) is 22.0. The summed E-state index contributed by atoms with van der Waals surface area (Å²) < 4.78 is 44.5. The van der Waals surface area contributed by atoms with Crippen LogP contribution in [0.4, 0.5) is 10.2 Å². The molecule has 1 saturated carbocycles. The molecule has 0 spiro atoms. The van der Waals surface area contributed by atoms with E-state index >= 15 is 0 Å². The Kier molecular flexibility index (Phi) is 7.31. The molecule has 36 heavy (non-hydrogen) atoms. The lowest BCUT2D eigenvalue weighted by atomic mass is 10.1. The highest BCUT2D eigenvalue weighted by molar-refractivity contribution is 7.84. The molecule has 3 aromatic rings.